The molecule has 0 amide bonds. The summed E-state index contributed by atoms with van der Waals surface area (Å²) in [6.45, 7) is 0. The minimum Gasteiger partial charge on any atom is -0.258 e. The molecule has 2 rings (SSSR count). The Kier molecular flexibility index (Phi) is 3.85. The van der Waals surface area contributed by atoms with Crippen molar-refractivity contribution in [3.8, 4) is 0 Å². The number of halogens is 1. The van der Waals surface area contributed by atoms with Gasteiger partial charge in [0.05, 0.1) is 14.7 Å². The van der Waals surface area contributed by atoms with Crippen LogP contribution in [0.25, 0.3) is 0 Å². The summed E-state index contributed by atoms with van der Waals surface area (Å²) in [5.74, 6) is 0. The first kappa shape index (κ1) is 13.9. The number of nitrogens with zero attached hydrogens (tertiary/aromatic N) is 1. The van der Waals surface area contributed by atoms with Crippen LogP contribution in [0.2, 0.25) is 0 Å². The second-order valence-corrected chi connectivity index (χ2v) is 6.90. The topological polar surface area (TPSA) is 77.3 Å². The largest absolute Gasteiger partial charge is 0.269 e. The Balaban J connectivity index is 2.44. The summed E-state index contributed by atoms with van der Waals surface area (Å²) in [4.78, 5) is 10.2. The summed E-state index contributed by atoms with van der Waals surface area (Å²) in [5, 5.41) is 10.5. The summed E-state index contributed by atoms with van der Waals surface area (Å²) in [6.07, 6.45) is 0. The van der Waals surface area contributed by atoms with E-state index in [1.54, 1.807) is 12.1 Å². The SMILES string of the molecule is O=[N+]([O-])c1ccc(S(=O)(=O)c2ccc(I)cc2)cc1. The monoisotopic (exact) mass is 389 g/mol. The molecule has 0 heterocycles. The lowest BCUT2D eigenvalue weighted by Gasteiger charge is -2.04. The second kappa shape index (κ2) is 5.25. The molecule has 0 aromatic heterocycles. The Labute approximate surface area is 123 Å². The molecule has 5 nitrogen and oxygen atoms in total. The second-order valence-electron chi connectivity index (χ2n) is 3.71. The smallest absolute Gasteiger partial charge is 0.258 e. The van der Waals surface area contributed by atoms with Crippen molar-refractivity contribution in [1.82, 2.24) is 0 Å². The van der Waals surface area contributed by atoms with E-state index >= 15 is 0 Å². The van der Waals surface area contributed by atoms with Crippen LogP contribution in [0, 0.1) is 13.7 Å². The summed E-state index contributed by atoms with van der Waals surface area (Å²) >= 11 is 2.08. The third-order valence-corrected chi connectivity index (χ3v) is 4.99. The van der Waals surface area contributed by atoms with Crippen LogP contribution in [0.1, 0.15) is 0 Å². The molecule has 0 atom stereocenters. The molecule has 2 aromatic rings. The van der Waals surface area contributed by atoms with Gasteiger partial charge in [-0.05, 0) is 59.0 Å². The molecular formula is C12H8INO4S. The molecule has 98 valence electrons. The van der Waals surface area contributed by atoms with Gasteiger partial charge in [-0.25, -0.2) is 8.42 Å². The van der Waals surface area contributed by atoms with E-state index in [0.717, 1.165) is 3.57 Å². The zero-order chi connectivity index (χ0) is 14.0. The minimum atomic E-state index is -3.62. The number of nitro groups is 1. The molecule has 0 radical (unpaired) electrons. The lowest BCUT2D eigenvalue weighted by atomic mass is 10.3. The van der Waals surface area contributed by atoms with Gasteiger partial charge in [0.1, 0.15) is 0 Å². The highest BCUT2D eigenvalue weighted by Gasteiger charge is 2.18. The summed E-state index contributed by atoms with van der Waals surface area (Å²) in [6, 6.07) is 11.3. The van der Waals surface area contributed by atoms with E-state index in [1.807, 2.05) is 0 Å². The molecule has 0 unspecified atom stereocenters. The number of hydrogen-bond acceptors (Lipinski definition) is 4. The number of rotatable bonds is 3. The molecule has 0 aliphatic carbocycles. The highest BCUT2D eigenvalue weighted by atomic mass is 127. The Bertz CT molecular complexity index is 708. The maximum absolute atomic E-state index is 12.3. The number of benzene rings is 2. The van der Waals surface area contributed by atoms with E-state index in [-0.39, 0.29) is 15.5 Å². The summed E-state index contributed by atoms with van der Waals surface area (Å²) in [5.41, 5.74) is -0.137. The molecule has 0 aliphatic rings. The van der Waals surface area contributed by atoms with Crippen LogP contribution in [0.15, 0.2) is 58.3 Å². The van der Waals surface area contributed by atoms with Crippen LogP contribution in [0.4, 0.5) is 5.69 Å². The third kappa shape index (κ3) is 2.92. The van der Waals surface area contributed by atoms with Crippen LogP contribution in [0.5, 0.6) is 0 Å². The van der Waals surface area contributed by atoms with E-state index in [1.165, 1.54) is 36.4 Å². The number of hydrogen-bond donors (Lipinski definition) is 0. The molecule has 0 saturated carbocycles. The van der Waals surface area contributed by atoms with Crippen LogP contribution in [-0.2, 0) is 9.84 Å². The van der Waals surface area contributed by atoms with E-state index < -0.39 is 14.8 Å². The molecule has 0 aliphatic heterocycles. The Morgan fingerprint density at radius 1 is 0.895 bits per heavy atom. The Morgan fingerprint density at radius 3 is 1.74 bits per heavy atom. The van der Waals surface area contributed by atoms with Crippen molar-refractivity contribution in [2.75, 3.05) is 0 Å². The van der Waals surface area contributed by atoms with Gasteiger partial charge in [-0.15, -0.1) is 0 Å². The standard InChI is InChI=1S/C12H8INO4S/c13-9-1-5-11(6-2-9)19(17,18)12-7-3-10(4-8-12)14(15)16/h1-8H. The van der Waals surface area contributed by atoms with Crippen molar-refractivity contribution >= 4 is 38.1 Å². The van der Waals surface area contributed by atoms with Crippen LogP contribution < -0.4 is 0 Å². The van der Waals surface area contributed by atoms with Crippen molar-refractivity contribution < 1.29 is 13.3 Å². The minimum absolute atomic E-state index is 0.0410. The predicted molar refractivity (Wildman–Crippen MR) is 77.7 cm³/mol. The van der Waals surface area contributed by atoms with Crippen LogP contribution in [0.3, 0.4) is 0 Å². The fourth-order valence-corrected chi connectivity index (χ4v) is 3.12. The first-order valence-electron chi connectivity index (χ1n) is 5.16. The van der Waals surface area contributed by atoms with Gasteiger partial charge in [0.25, 0.3) is 5.69 Å². The molecule has 7 heteroatoms. The predicted octanol–water partition coefficient (Wildman–Crippen LogP) is 3.03. The van der Waals surface area contributed by atoms with Crippen LogP contribution in [-0.4, -0.2) is 13.3 Å². The first-order chi connectivity index (χ1) is 8.91. The molecule has 0 spiro atoms. The fraction of sp³-hybridized carbons (Fsp3) is 0. The highest BCUT2D eigenvalue weighted by Crippen LogP contribution is 2.23. The van der Waals surface area contributed by atoms with E-state index in [0.29, 0.717) is 0 Å². The lowest BCUT2D eigenvalue weighted by molar-refractivity contribution is -0.384. The van der Waals surface area contributed by atoms with Crippen molar-refractivity contribution in [2.45, 2.75) is 9.79 Å². The highest BCUT2D eigenvalue weighted by molar-refractivity contribution is 14.1. The van der Waals surface area contributed by atoms with Crippen molar-refractivity contribution in [3.63, 3.8) is 0 Å². The number of nitro benzene ring substituents is 1. The molecule has 0 N–H and O–H groups in total. The van der Waals surface area contributed by atoms with E-state index in [2.05, 4.69) is 22.6 Å². The van der Waals surface area contributed by atoms with E-state index in [4.69, 9.17) is 0 Å². The zero-order valence-electron chi connectivity index (χ0n) is 9.49. The Morgan fingerprint density at radius 2 is 1.32 bits per heavy atom. The maximum Gasteiger partial charge on any atom is 0.269 e. The van der Waals surface area contributed by atoms with Crippen molar-refractivity contribution in [1.29, 1.82) is 0 Å². The lowest BCUT2D eigenvalue weighted by Crippen LogP contribution is -2.02. The van der Waals surface area contributed by atoms with Gasteiger partial charge < -0.3 is 0 Å². The Hall–Kier alpha value is -1.48. The van der Waals surface area contributed by atoms with Gasteiger partial charge in [-0.2, -0.15) is 0 Å². The molecule has 0 saturated heterocycles. The molecule has 2 aromatic carbocycles. The molecule has 0 fully saturated rings. The molecule has 19 heavy (non-hydrogen) atoms. The van der Waals surface area contributed by atoms with Crippen molar-refractivity contribution in [3.05, 3.63) is 62.2 Å². The number of sulfone groups is 1. The maximum atomic E-state index is 12.3. The normalized spacial score (nSPS) is 11.2. The van der Waals surface area contributed by atoms with Gasteiger partial charge >= 0.3 is 0 Å². The number of non-ortho nitro benzene ring substituents is 1. The van der Waals surface area contributed by atoms with Gasteiger partial charge in [0, 0.05) is 15.7 Å². The average molecular weight is 389 g/mol. The zero-order valence-corrected chi connectivity index (χ0v) is 12.5. The van der Waals surface area contributed by atoms with Gasteiger partial charge in [-0.1, -0.05) is 0 Å². The summed E-state index contributed by atoms with van der Waals surface area (Å²) in [7, 11) is -3.62. The van der Waals surface area contributed by atoms with Gasteiger partial charge in [-0.3, -0.25) is 10.1 Å². The molecular weight excluding hydrogens is 381 g/mol. The summed E-state index contributed by atoms with van der Waals surface area (Å²) < 4.78 is 25.4. The van der Waals surface area contributed by atoms with Gasteiger partial charge in [0.15, 0.2) is 0 Å². The van der Waals surface area contributed by atoms with E-state index in [9.17, 15) is 18.5 Å². The molecule has 0 bridgehead atoms. The average Bonchev–Trinajstić information content (AvgIpc) is 2.39. The third-order valence-electron chi connectivity index (χ3n) is 2.48. The van der Waals surface area contributed by atoms with Gasteiger partial charge in [0.2, 0.25) is 9.84 Å². The van der Waals surface area contributed by atoms with Crippen LogP contribution >= 0.6 is 22.6 Å². The fourth-order valence-electron chi connectivity index (χ4n) is 1.50. The van der Waals surface area contributed by atoms with Crippen molar-refractivity contribution in [2.24, 2.45) is 0 Å². The first-order valence-corrected chi connectivity index (χ1v) is 7.72. The quantitative estimate of drug-likeness (QED) is 0.459.